The van der Waals surface area contributed by atoms with Gasteiger partial charge in [-0.15, -0.1) is 11.8 Å². The lowest BCUT2D eigenvalue weighted by Crippen LogP contribution is -3.00. The quantitative estimate of drug-likeness (QED) is 0.214. The molecule has 0 aromatic heterocycles. The van der Waals surface area contributed by atoms with E-state index in [4.69, 9.17) is 0 Å². The average Bonchev–Trinajstić information content (AvgIpc) is 2.55. The summed E-state index contributed by atoms with van der Waals surface area (Å²) < 4.78 is 0.886. The zero-order valence-electron chi connectivity index (χ0n) is 16.1. The maximum absolute atomic E-state index is 9.45. The van der Waals surface area contributed by atoms with Crippen LogP contribution in [0.2, 0.25) is 0 Å². The van der Waals surface area contributed by atoms with Gasteiger partial charge in [0.1, 0.15) is 19.0 Å². The van der Waals surface area contributed by atoms with Crippen LogP contribution in [0.1, 0.15) is 78.1 Å². The monoisotopic (exact) mass is 383 g/mol. The summed E-state index contributed by atoms with van der Waals surface area (Å²) in [6, 6.07) is 0. The molecular formula is C19H42ClNO2S. The smallest absolute Gasteiger partial charge is 0.125 e. The van der Waals surface area contributed by atoms with Crippen LogP contribution in [0.25, 0.3) is 0 Å². The van der Waals surface area contributed by atoms with Crippen LogP contribution in [0.4, 0.5) is 0 Å². The van der Waals surface area contributed by atoms with Crippen LogP contribution in [0.3, 0.4) is 0 Å². The number of hydrogen-bond acceptors (Lipinski definition) is 3. The zero-order valence-corrected chi connectivity index (χ0v) is 17.7. The van der Waals surface area contributed by atoms with Crippen LogP contribution in [0, 0.1) is 0 Å². The van der Waals surface area contributed by atoms with Crippen LogP contribution in [-0.2, 0) is 0 Å². The van der Waals surface area contributed by atoms with E-state index < -0.39 is 0 Å². The Hall–Kier alpha value is 0.520. The molecule has 0 aromatic carbocycles. The van der Waals surface area contributed by atoms with Gasteiger partial charge in [0.25, 0.3) is 0 Å². The first-order chi connectivity index (χ1) is 11.2. The van der Waals surface area contributed by atoms with E-state index in [1.165, 1.54) is 70.0 Å². The topological polar surface area (TPSA) is 40.5 Å². The number of aliphatic hydroxyl groups is 2. The molecule has 0 radical (unpaired) electrons. The van der Waals surface area contributed by atoms with Gasteiger partial charge in [-0.2, -0.15) is 0 Å². The first kappa shape index (κ1) is 26.7. The van der Waals surface area contributed by atoms with E-state index in [1.807, 2.05) is 11.8 Å². The molecule has 0 saturated carbocycles. The summed E-state index contributed by atoms with van der Waals surface area (Å²) in [4.78, 5) is 0. The largest absolute Gasteiger partial charge is 1.00 e. The Bertz CT molecular complexity index is 239. The van der Waals surface area contributed by atoms with Crippen molar-refractivity contribution in [3.05, 3.63) is 0 Å². The Kier molecular flexibility index (Phi) is 22.1. The molecule has 2 N–H and O–H groups in total. The lowest BCUT2D eigenvalue weighted by molar-refractivity contribution is -0.917. The highest BCUT2D eigenvalue weighted by atomic mass is 35.5. The average molecular weight is 384 g/mol. The molecule has 0 atom stereocenters. The van der Waals surface area contributed by atoms with E-state index in [0.717, 1.165) is 30.0 Å². The Labute approximate surface area is 161 Å². The van der Waals surface area contributed by atoms with Crippen molar-refractivity contribution in [3.63, 3.8) is 0 Å². The maximum Gasteiger partial charge on any atom is 0.125 e. The molecule has 3 nitrogen and oxygen atoms in total. The van der Waals surface area contributed by atoms with Crippen molar-refractivity contribution < 1.29 is 27.1 Å². The summed E-state index contributed by atoms with van der Waals surface area (Å²) in [5.74, 6) is 2.26. The van der Waals surface area contributed by atoms with Gasteiger partial charge in [0.05, 0.1) is 19.8 Å². The number of rotatable bonds is 18. The van der Waals surface area contributed by atoms with Crippen LogP contribution in [0.5, 0.6) is 0 Å². The Morgan fingerprint density at radius 2 is 1.17 bits per heavy atom. The summed E-state index contributed by atoms with van der Waals surface area (Å²) in [6.45, 7) is 7.63. The number of unbranched alkanes of at least 4 members (excludes halogenated alkanes) is 8. The number of nitrogens with zero attached hydrogens (tertiary/aromatic N) is 1. The minimum Gasteiger partial charge on any atom is -1.00 e. The van der Waals surface area contributed by atoms with Gasteiger partial charge in [0, 0.05) is 0 Å². The fraction of sp³-hybridized carbons (Fsp3) is 1.00. The molecule has 24 heavy (non-hydrogen) atoms. The minimum absolute atomic E-state index is 0. The number of hydrogen-bond donors (Lipinski definition) is 2. The summed E-state index contributed by atoms with van der Waals surface area (Å²) in [5, 5.41) is 18.9. The molecule has 0 aromatic rings. The van der Waals surface area contributed by atoms with E-state index in [9.17, 15) is 10.2 Å². The highest BCUT2D eigenvalue weighted by Gasteiger charge is 2.25. The SMILES string of the molecule is CCCCCCCCSC[N+](CCO)(CCO)CCCCCC.[Cl-]. The molecule has 0 spiro atoms. The van der Waals surface area contributed by atoms with Gasteiger partial charge in [-0.1, -0.05) is 58.8 Å². The molecule has 0 bridgehead atoms. The molecule has 0 heterocycles. The van der Waals surface area contributed by atoms with Gasteiger partial charge in [-0.05, 0) is 25.0 Å². The van der Waals surface area contributed by atoms with Gasteiger partial charge < -0.3 is 27.1 Å². The second kappa shape index (κ2) is 19.8. The lowest BCUT2D eigenvalue weighted by Gasteiger charge is -2.37. The van der Waals surface area contributed by atoms with Crippen LogP contribution < -0.4 is 12.4 Å². The lowest BCUT2D eigenvalue weighted by atomic mass is 10.1. The summed E-state index contributed by atoms with van der Waals surface area (Å²) in [5.41, 5.74) is 0. The first-order valence-electron chi connectivity index (χ1n) is 9.89. The van der Waals surface area contributed by atoms with Crippen molar-refractivity contribution in [1.29, 1.82) is 0 Å². The van der Waals surface area contributed by atoms with Crippen LogP contribution in [-0.4, -0.2) is 59.2 Å². The fourth-order valence-corrected chi connectivity index (χ4v) is 4.38. The molecule has 0 aliphatic heterocycles. The number of halogens is 1. The van der Waals surface area contributed by atoms with E-state index in [1.54, 1.807) is 0 Å². The van der Waals surface area contributed by atoms with E-state index >= 15 is 0 Å². The Morgan fingerprint density at radius 1 is 0.667 bits per heavy atom. The van der Waals surface area contributed by atoms with Gasteiger partial charge in [-0.25, -0.2) is 0 Å². The molecule has 5 heteroatoms. The highest BCUT2D eigenvalue weighted by molar-refractivity contribution is 7.99. The van der Waals surface area contributed by atoms with Crippen LogP contribution >= 0.6 is 11.8 Å². The van der Waals surface area contributed by atoms with Crippen molar-refractivity contribution in [3.8, 4) is 0 Å². The van der Waals surface area contributed by atoms with Crippen molar-refractivity contribution in [2.45, 2.75) is 78.1 Å². The summed E-state index contributed by atoms with van der Waals surface area (Å²) in [7, 11) is 0. The second-order valence-corrected chi connectivity index (χ2v) is 7.90. The Morgan fingerprint density at radius 3 is 1.71 bits per heavy atom. The number of quaternary nitrogens is 1. The minimum atomic E-state index is 0. The highest BCUT2D eigenvalue weighted by Crippen LogP contribution is 2.18. The molecule has 0 unspecified atom stereocenters. The third kappa shape index (κ3) is 14.8. The van der Waals surface area contributed by atoms with Crippen molar-refractivity contribution in [1.82, 2.24) is 0 Å². The molecule has 0 amide bonds. The molecule has 0 aliphatic rings. The number of aliphatic hydroxyl groups excluding tert-OH is 2. The van der Waals surface area contributed by atoms with E-state index in [2.05, 4.69) is 13.8 Å². The third-order valence-corrected chi connectivity index (χ3v) is 5.95. The Balaban J connectivity index is 0. The summed E-state index contributed by atoms with van der Waals surface area (Å²) in [6.07, 6.45) is 13.1. The fourth-order valence-electron chi connectivity index (χ4n) is 3.07. The molecule has 148 valence electrons. The first-order valence-corrected chi connectivity index (χ1v) is 11.0. The van der Waals surface area contributed by atoms with Gasteiger partial charge >= 0.3 is 0 Å². The molecular weight excluding hydrogens is 342 g/mol. The predicted molar refractivity (Wildman–Crippen MR) is 104 cm³/mol. The van der Waals surface area contributed by atoms with E-state index in [-0.39, 0.29) is 25.6 Å². The predicted octanol–water partition coefficient (Wildman–Crippen LogP) is 1.42. The summed E-state index contributed by atoms with van der Waals surface area (Å²) >= 11 is 2.02. The standard InChI is InChI=1S/C19H42NO2S.ClH/c1-3-5-7-9-10-12-18-23-19-20(14-16-21,15-17-22)13-11-8-6-4-2;/h21-22H,3-19H2,1-2H3;1H/q+1;/p-1. The molecule has 0 rings (SSSR count). The van der Waals surface area contributed by atoms with Gasteiger partial charge in [0.15, 0.2) is 0 Å². The molecule has 0 fully saturated rings. The second-order valence-electron chi connectivity index (χ2n) is 6.83. The maximum atomic E-state index is 9.45. The van der Waals surface area contributed by atoms with Crippen molar-refractivity contribution >= 4 is 11.8 Å². The molecule has 0 aliphatic carbocycles. The van der Waals surface area contributed by atoms with Gasteiger partial charge in [-0.3, -0.25) is 0 Å². The normalized spacial score (nSPS) is 11.5. The van der Waals surface area contributed by atoms with Crippen LogP contribution in [0.15, 0.2) is 0 Å². The molecule has 0 saturated heterocycles. The zero-order chi connectivity index (χ0) is 17.2. The van der Waals surface area contributed by atoms with Gasteiger partial charge in [0.2, 0.25) is 0 Å². The number of thioether (sulfide) groups is 1. The van der Waals surface area contributed by atoms with Crippen molar-refractivity contribution in [2.75, 3.05) is 44.5 Å². The van der Waals surface area contributed by atoms with Crippen molar-refractivity contribution in [2.24, 2.45) is 0 Å². The third-order valence-electron chi connectivity index (χ3n) is 4.64. The van der Waals surface area contributed by atoms with E-state index in [0.29, 0.717) is 0 Å².